The molecule has 0 aliphatic carbocycles. The summed E-state index contributed by atoms with van der Waals surface area (Å²) in [6.45, 7) is 6.01. The van der Waals surface area contributed by atoms with E-state index < -0.39 is 0 Å². The molecular weight excluding hydrogens is 368 g/mol. The molecule has 154 valence electrons. The average Bonchev–Trinajstić information content (AvgIpc) is 3.15. The van der Waals surface area contributed by atoms with Crippen LogP contribution < -0.4 is 20.1 Å². The standard InChI is InChI=1S/C21H28N6O2/c1-4-22-21(24-16-11-12-17(28-3)18(15-16)29-5-2)23-13-8-10-20-26-25-19-9-6-7-14-27(19)20/h6-7,9,11-12,14-15H,4-5,8,10,13H2,1-3H3,(H2,22,23,24). The molecule has 3 aromatic rings. The average molecular weight is 396 g/mol. The van der Waals surface area contributed by atoms with Crippen molar-refractivity contribution in [3.63, 3.8) is 0 Å². The Balaban J connectivity index is 1.61. The Morgan fingerprint density at radius 3 is 2.83 bits per heavy atom. The number of methoxy groups -OCH3 is 1. The van der Waals surface area contributed by atoms with Crippen LogP contribution in [0.15, 0.2) is 47.6 Å². The number of aliphatic imine (C=N–C) groups is 1. The quantitative estimate of drug-likeness (QED) is 0.328. The number of ether oxygens (including phenoxy) is 2. The molecule has 0 atom stereocenters. The Morgan fingerprint density at radius 1 is 1.14 bits per heavy atom. The molecule has 0 aliphatic rings. The normalized spacial score (nSPS) is 11.5. The molecule has 0 saturated heterocycles. The van der Waals surface area contributed by atoms with E-state index in [2.05, 4.69) is 25.8 Å². The summed E-state index contributed by atoms with van der Waals surface area (Å²) in [7, 11) is 1.63. The second-order valence-electron chi connectivity index (χ2n) is 6.33. The van der Waals surface area contributed by atoms with Crippen molar-refractivity contribution < 1.29 is 9.47 Å². The molecule has 0 aliphatic heterocycles. The number of guanidine groups is 1. The number of hydrogen-bond acceptors (Lipinski definition) is 5. The van der Waals surface area contributed by atoms with Gasteiger partial charge < -0.3 is 20.1 Å². The summed E-state index contributed by atoms with van der Waals surface area (Å²) in [4.78, 5) is 4.67. The number of aromatic nitrogens is 3. The molecule has 1 aromatic carbocycles. The van der Waals surface area contributed by atoms with Crippen molar-refractivity contribution in [2.45, 2.75) is 26.7 Å². The lowest BCUT2D eigenvalue weighted by Crippen LogP contribution is -2.30. The molecule has 2 heterocycles. The fourth-order valence-corrected chi connectivity index (χ4v) is 2.96. The molecule has 8 nitrogen and oxygen atoms in total. The maximum Gasteiger partial charge on any atom is 0.195 e. The van der Waals surface area contributed by atoms with E-state index in [0.717, 1.165) is 42.5 Å². The lowest BCUT2D eigenvalue weighted by Gasteiger charge is -2.14. The summed E-state index contributed by atoms with van der Waals surface area (Å²) in [5.74, 6) is 3.09. The zero-order valence-electron chi connectivity index (χ0n) is 17.2. The lowest BCUT2D eigenvalue weighted by molar-refractivity contribution is 0.311. The zero-order valence-corrected chi connectivity index (χ0v) is 17.2. The van der Waals surface area contributed by atoms with Crippen LogP contribution in [0.3, 0.4) is 0 Å². The van der Waals surface area contributed by atoms with Gasteiger partial charge in [-0.3, -0.25) is 9.39 Å². The van der Waals surface area contributed by atoms with Crippen molar-refractivity contribution in [2.24, 2.45) is 4.99 Å². The third-order valence-corrected chi connectivity index (χ3v) is 4.28. The Labute approximate surface area is 171 Å². The van der Waals surface area contributed by atoms with Crippen LogP contribution in [-0.2, 0) is 6.42 Å². The summed E-state index contributed by atoms with van der Waals surface area (Å²) in [6, 6.07) is 11.6. The number of rotatable bonds is 9. The van der Waals surface area contributed by atoms with Gasteiger partial charge in [0.15, 0.2) is 23.1 Å². The highest BCUT2D eigenvalue weighted by molar-refractivity contribution is 5.93. The number of pyridine rings is 1. The fourth-order valence-electron chi connectivity index (χ4n) is 2.96. The van der Waals surface area contributed by atoms with E-state index in [4.69, 9.17) is 9.47 Å². The molecule has 0 saturated carbocycles. The highest BCUT2D eigenvalue weighted by Gasteiger charge is 2.07. The molecule has 2 N–H and O–H groups in total. The van der Waals surface area contributed by atoms with E-state index in [9.17, 15) is 0 Å². The number of nitrogens with zero attached hydrogens (tertiary/aromatic N) is 4. The van der Waals surface area contributed by atoms with Crippen molar-refractivity contribution in [3.05, 3.63) is 48.4 Å². The number of anilines is 1. The molecule has 8 heteroatoms. The molecule has 29 heavy (non-hydrogen) atoms. The Morgan fingerprint density at radius 2 is 2.03 bits per heavy atom. The smallest absolute Gasteiger partial charge is 0.195 e. The van der Waals surface area contributed by atoms with E-state index in [-0.39, 0.29) is 0 Å². The highest BCUT2D eigenvalue weighted by Crippen LogP contribution is 2.30. The summed E-state index contributed by atoms with van der Waals surface area (Å²) in [5, 5.41) is 15.0. The van der Waals surface area contributed by atoms with Gasteiger partial charge >= 0.3 is 0 Å². The molecule has 0 amide bonds. The van der Waals surface area contributed by atoms with Crippen molar-refractivity contribution >= 4 is 17.3 Å². The minimum Gasteiger partial charge on any atom is -0.493 e. The van der Waals surface area contributed by atoms with Crippen molar-refractivity contribution in [2.75, 3.05) is 32.1 Å². The zero-order chi connectivity index (χ0) is 20.5. The molecule has 2 aromatic heterocycles. The van der Waals surface area contributed by atoms with Gasteiger partial charge in [0.25, 0.3) is 0 Å². The number of fused-ring (bicyclic) bond motifs is 1. The van der Waals surface area contributed by atoms with Crippen LogP contribution in [0.1, 0.15) is 26.1 Å². The molecule has 0 fully saturated rings. The minimum atomic E-state index is 0.575. The van der Waals surface area contributed by atoms with Gasteiger partial charge in [-0.25, -0.2) is 0 Å². The number of aryl methyl sites for hydroxylation is 1. The topological polar surface area (TPSA) is 85.1 Å². The summed E-state index contributed by atoms with van der Waals surface area (Å²) < 4.78 is 13.0. The van der Waals surface area contributed by atoms with Gasteiger partial charge in [0.2, 0.25) is 0 Å². The molecule has 0 unspecified atom stereocenters. The minimum absolute atomic E-state index is 0.575. The summed E-state index contributed by atoms with van der Waals surface area (Å²) in [5.41, 5.74) is 1.75. The summed E-state index contributed by atoms with van der Waals surface area (Å²) in [6.07, 6.45) is 3.67. The predicted octanol–water partition coefficient (Wildman–Crippen LogP) is 3.15. The molecule has 0 radical (unpaired) electrons. The van der Waals surface area contributed by atoms with Crippen LogP contribution in [-0.4, -0.2) is 47.4 Å². The second kappa shape index (κ2) is 10.3. The maximum absolute atomic E-state index is 5.64. The molecule has 0 bridgehead atoms. The SMILES string of the molecule is CCNC(=NCCCc1nnc2ccccn12)Nc1ccc(OC)c(OCC)c1. The first kappa shape index (κ1) is 20.4. The fraction of sp³-hybridized carbons (Fsp3) is 0.381. The van der Waals surface area contributed by atoms with Crippen LogP contribution in [0.5, 0.6) is 11.5 Å². The van der Waals surface area contributed by atoms with Gasteiger partial charge in [-0.1, -0.05) is 6.07 Å². The first-order valence-corrected chi connectivity index (χ1v) is 9.90. The van der Waals surface area contributed by atoms with Crippen molar-refractivity contribution in [1.29, 1.82) is 0 Å². The number of nitrogens with one attached hydrogen (secondary N) is 2. The van der Waals surface area contributed by atoms with E-state index in [0.29, 0.717) is 24.7 Å². The van der Waals surface area contributed by atoms with Gasteiger partial charge in [0.1, 0.15) is 5.82 Å². The van der Waals surface area contributed by atoms with E-state index >= 15 is 0 Å². The second-order valence-corrected chi connectivity index (χ2v) is 6.33. The van der Waals surface area contributed by atoms with E-state index in [1.54, 1.807) is 7.11 Å². The van der Waals surface area contributed by atoms with Gasteiger partial charge in [0.05, 0.1) is 13.7 Å². The summed E-state index contributed by atoms with van der Waals surface area (Å²) >= 11 is 0. The Bertz CT molecular complexity index is 953. The largest absolute Gasteiger partial charge is 0.493 e. The highest BCUT2D eigenvalue weighted by atomic mass is 16.5. The number of benzene rings is 1. The third-order valence-electron chi connectivity index (χ3n) is 4.28. The van der Waals surface area contributed by atoms with Crippen LogP contribution in [0.2, 0.25) is 0 Å². The van der Waals surface area contributed by atoms with Crippen LogP contribution >= 0.6 is 0 Å². The van der Waals surface area contributed by atoms with Crippen LogP contribution in [0.4, 0.5) is 5.69 Å². The van der Waals surface area contributed by atoms with Crippen molar-refractivity contribution in [1.82, 2.24) is 19.9 Å². The van der Waals surface area contributed by atoms with Crippen LogP contribution in [0.25, 0.3) is 5.65 Å². The Kier molecular flexibility index (Phi) is 7.27. The van der Waals surface area contributed by atoms with Crippen molar-refractivity contribution in [3.8, 4) is 11.5 Å². The predicted molar refractivity (Wildman–Crippen MR) is 115 cm³/mol. The van der Waals surface area contributed by atoms with Gasteiger partial charge in [-0.15, -0.1) is 10.2 Å². The lowest BCUT2D eigenvalue weighted by atomic mass is 10.2. The van der Waals surface area contributed by atoms with E-state index in [1.165, 1.54) is 0 Å². The van der Waals surface area contributed by atoms with E-state index in [1.807, 2.05) is 60.8 Å². The monoisotopic (exact) mass is 396 g/mol. The maximum atomic E-state index is 5.64. The first-order chi connectivity index (χ1) is 14.2. The third kappa shape index (κ3) is 5.37. The number of hydrogen-bond donors (Lipinski definition) is 2. The van der Waals surface area contributed by atoms with Gasteiger partial charge in [0, 0.05) is 37.5 Å². The van der Waals surface area contributed by atoms with Crippen LogP contribution in [0, 0.1) is 0 Å². The molecule has 0 spiro atoms. The molecular formula is C21H28N6O2. The van der Waals surface area contributed by atoms with Gasteiger partial charge in [-0.2, -0.15) is 0 Å². The van der Waals surface area contributed by atoms with Gasteiger partial charge in [-0.05, 0) is 44.5 Å². The first-order valence-electron chi connectivity index (χ1n) is 9.90. The molecule has 3 rings (SSSR count). The Hall–Kier alpha value is -3.29.